The summed E-state index contributed by atoms with van der Waals surface area (Å²) >= 11 is 0. The molecule has 0 aromatic carbocycles. The number of hydrogen-bond donors (Lipinski definition) is 1. The normalized spacial score (nSPS) is 29.7. The third-order valence-electron chi connectivity index (χ3n) is 2.48. The maximum absolute atomic E-state index is 3.77. The summed E-state index contributed by atoms with van der Waals surface area (Å²) in [4.78, 5) is 0. The van der Waals surface area contributed by atoms with Crippen LogP contribution in [-0.4, -0.2) is 12.1 Å². The van der Waals surface area contributed by atoms with Gasteiger partial charge in [0.2, 0.25) is 0 Å². The lowest BCUT2D eigenvalue weighted by atomic mass is 9.95. The van der Waals surface area contributed by atoms with E-state index in [1.165, 1.54) is 19.3 Å². The van der Waals surface area contributed by atoms with Gasteiger partial charge in [0.25, 0.3) is 0 Å². The minimum absolute atomic E-state index is 0.668. The van der Waals surface area contributed by atoms with Crippen molar-refractivity contribution in [2.24, 2.45) is 0 Å². The molecule has 1 aliphatic heterocycles. The highest BCUT2D eigenvalue weighted by atomic mass is 15.0. The monoisotopic (exact) mass is 165 g/mol. The third kappa shape index (κ3) is 2.82. The van der Waals surface area contributed by atoms with E-state index in [0.717, 1.165) is 12.8 Å². The zero-order valence-corrected chi connectivity index (χ0v) is 7.76. The smallest absolute Gasteiger partial charge is 0.0104 e. The van der Waals surface area contributed by atoms with E-state index in [1.807, 2.05) is 12.2 Å². The van der Waals surface area contributed by atoms with Gasteiger partial charge in [-0.25, -0.2) is 0 Å². The zero-order valence-electron chi connectivity index (χ0n) is 7.76. The van der Waals surface area contributed by atoms with E-state index >= 15 is 0 Å². The zero-order chi connectivity index (χ0) is 8.81. The number of hydrogen-bond acceptors (Lipinski definition) is 1. The van der Waals surface area contributed by atoms with Crippen molar-refractivity contribution in [2.45, 2.75) is 44.2 Å². The molecule has 0 spiro atoms. The quantitative estimate of drug-likeness (QED) is 0.631. The molecule has 1 saturated heterocycles. The molecule has 1 rings (SSSR count). The van der Waals surface area contributed by atoms with Crippen LogP contribution in [0.15, 0.2) is 25.3 Å². The van der Waals surface area contributed by atoms with Gasteiger partial charge in [0.1, 0.15) is 0 Å². The van der Waals surface area contributed by atoms with Gasteiger partial charge in [-0.15, -0.1) is 13.2 Å². The second-order valence-electron chi connectivity index (χ2n) is 3.54. The minimum Gasteiger partial charge on any atom is -0.311 e. The molecule has 1 N–H and O–H groups in total. The van der Waals surface area contributed by atoms with Crippen LogP contribution >= 0.6 is 0 Å². The van der Waals surface area contributed by atoms with Crippen LogP contribution < -0.4 is 5.32 Å². The first-order valence-electron chi connectivity index (χ1n) is 4.84. The Hall–Kier alpha value is -0.560. The fraction of sp³-hybridized carbons (Fsp3) is 0.636. The Labute approximate surface area is 75.6 Å². The Kier molecular flexibility index (Phi) is 4.09. The van der Waals surface area contributed by atoms with E-state index in [-0.39, 0.29) is 0 Å². The number of rotatable bonds is 4. The summed E-state index contributed by atoms with van der Waals surface area (Å²) in [5.41, 5.74) is 0. The predicted molar refractivity (Wildman–Crippen MR) is 54.2 cm³/mol. The molecule has 0 bridgehead atoms. The van der Waals surface area contributed by atoms with Crippen molar-refractivity contribution in [2.75, 3.05) is 0 Å². The molecule has 1 heteroatoms. The first kappa shape index (κ1) is 9.53. The van der Waals surface area contributed by atoms with Crippen LogP contribution in [0.25, 0.3) is 0 Å². The molecule has 0 radical (unpaired) electrons. The Balaban J connectivity index is 2.29. The summed E-state index contributed by atoms with van der Waals surface area (Å²) in [6, 6.07) is 1.34. The molecule has 1 fully saturated rings. The van der Waals surface area contributed by atoms with Gasteiger partial charge in [0, 0.05) is 12.1 Å². The van der Waals surface area contributed by atoms with E-state index in [2.05, 4.69) is 18.5 Å². The van der Waals surface area contributed by atoms with Gasteiger partial charge in [-0.1, -0.05) is 18.6 Å². The van der Waals surface area contributed by atoms with E-state index in [1.54, 1.807) is 0 Å². The fourth-order valence-corrected chi connectivity index (χ4v) is 1.88. The molecule has 2 atom stereocenters. The summed E-state index contributed by atoms with van der Waals surface area (Å²) in [6.45, 7) is 7.53. The van der Waals surface area contributed by atoms with Gasteiger partial charge >= 0.3 is 0 Å². The minimum atomic E-state index is 0.668. The third-order valence-corrected chi connectivity index (χ3v) is 2.48. The maximum atomic E-state index is 3.77. The molecule has 1 heterocycles. The molecule has 0 unspecified atom stereocenters. The van der Waals surface area contributed by atoms with Crippen molar-refractivity contribution in [1.82, 2.24) is 5.32 Å². The van der Waals surface area contributed by atoms with Gasteiger partial charge in [-0.05, 0) is 25.7 Å². The van der Waals surface area contributed by atoms with Crippen LogP contribution in [0.1, 0.15) is 32.1 Å². The lowest BCUT2D eigenvalue weighted by Crippen LogP contribution is -2.41. The van der Waals surface area contributed by atoms with Gasteiger partial charge in [-0.2, -0.15) is 0 Å². The second kappa shape index (κ2) is 5.15. The van der Waals surface area contributed by atoms with Crippen LogP contribution in [0, 0.1) is 0 Å². The summed E-state index contributed by atoms with van der Waals surface area (Å²) in [5.74, 6) is 0. The van der Waals surface area contributed by atoms with E-state index in [0.29, 0.717) is 12.1 Å². The van der Waals surface area contributed by atoms with Crippen molar-refractivity contribution in [3.63, 3.8) is 0 Å². The summed E-state index contributed by atoms with van der Waals surface area (Å²) < 4.78 is 0. The molecule has 12 heavy (non-hydrogen) atoms. The Morgan fingerprint density at radius 2 is 1.58 bits per heavy atom. The van der Waals surface area contributed by atoms with Gasteiger partial charge in [0.15, 0.2) is 0 Å². The Bertz CT molecular complexity index is 135. The number of piperidine rings is 1. The Morgan fingerprint density at radius 3 is 2.00 bits per heavy atom. The van der Waals surface area contributed by atoms with Gasteiger partial charge in [-0.3, -0.25) is 0 Å². The molecule has 0 aliphatic carbocycles. The fourth-order valence-electron chi connectivity index (χ4n) is 1.88. The molecule has 1 aliphatic rings. The van der Waals surface area contributed by atoms with E-state index in [9.17, 15) is 0 Å². The van der Waals surface area contributed by atoms with E-state index in [4.69, 9.17) is 0 Å². The molecule has 0 aromatic rings. The first-order valence-corrected chi connectivity index (χ1v) is 4.84. The van der Waals surface area contributed by atoms with Crippen molar-refractivity contribution < 1.29 is 0 Å². The van der Waals surface area contributed by atoms with Crippen molar-refractivity contribution >= 4 is 0 Å². The lowest BCUT2D eigenvalue weighted by Gasteiger charge is -2.29. The Morgan fingerprint density at radius 1 is 1.08 bits per heavy atom. The second-order valence-corrected chi connectivity index (χ2v) is 3.54. The molecular formula is C11H19N. The molecular weight excluding hydrogens is 146 g/mol. The SMILES string of the molecule is C=CC[C@@H]1CCC[C@@H](CC=C)N1. The molecule has 68 valence electrons. The summed E-state index contributed by atoms with van der Waals surface area (Å²) in [6.07, 6.45) is 10.2. The highest BCUT2D eigenvalue weighted by Crippen LogP contribution is 2.17. The van der Waals surface area contributed by atoms with Crippen LogP contribution in [0.2, 0.25) is 0 Å². The van der Waals surface area contributed by atoms with Crippen LogP contribution in [-0.2, 0) is 0 Å². The highest BCUT2D eigenvalue weighted by Gasteiger charge is 2.18. The number of nitrogens with one attached hydrogen (secondary N) is 1. The largest absolute Gasteiger partial charge is 0.311 e. The van der Waals surface area contributed by atoms with Gasteiger partial charge in [0.05, 0.1) is 0 Å². The predicted octanol–water partition coefficient (Wildman–Crippen LogP) is 2.65. The molecule has 1 nitrogen and oxygen atoms in total. The van der Waals surface area contributed by atoms with Crippen molar-refractivity contribution in [1.29, 1.82) is 0 Å². The summed E-state index contributed by atoms with van der Waals surface area (Å²) in [7, 11) is 0. The molecule has 0 aromatic heterocycles. The highest BCUT2D eigenvalue weighted by molar-refractivity contribution is 4.88. The maximum Gasteiger partial charge on any atom is 0.0104 e. The topological polar surface area (TPSA) is 12.0 Å². The van der Waals surface area contributed by atoms with Crippen LogP contribution in [0.3, 0.4) is 0 Å². The average molecular weight is 165 g/mol. The lowest BCUT2D eigenvalue weighted by molar-refractivity contribution is 0.322. The van der Waals surface area contributed by atoms with Crippen molar-refractivity contribution in [3.05, 3.63) is 25.3 Å². The van der Waals surface area contributed by atoms with Crippen LogP contribution in [0.5, 0.6) is 0 Å². The molecule has 0 amide bonds. The standard InChI is InChI=1S/C11H19N/c1-3-6-10-8-5-9-11(12-10)7-4-2/h3-4,10-12H,1-2,5-9H2/t10-,11-/m1/s1. The summed E-state index contributed by atoms with van der Waals surface area (Å²) in [5, 5.41) is 3.61. The van der Waals surface area contributed by atoms with Crippen LogP contribution in [0.4, 0.5) is 0 Å². The first-order chi connectivity index (χ1) is 5.86. The molecule has 0 saturated carbocycles. The average Bonchev–Trinajstić information content (AvgIpc) is 2.06. The van der Waals surface area contributed by atoms with E-state index < -0.39 is 0 Å². The van der Waals surface area contributed by atoms with Crippen molar-refractivity contribution in [3.8, 4) is 0 Å². The van der Waals surface area contributed by atoms with Gasteiger partial charge < -0.3 is 5.32 Å².